The predicted octanol–water partition coefficient (Wildman–Crippen LogP) is 3.31. The van der Waals surface area contributed by atoms with Crippen molar-refractivity contribution in [3.8, 4) is 5.75 Å². The molecule has 4 heteroatoms. The maximum atomic E-state index is 12.6. The van der Waals surface area contributed by atoms with Crippen LogP contribution in [-0.4, -0.2) is 44.1 Å². The molecule has 1 atom stereocenters. The third-order valence-corrected chi connectivity index (χ3v) is 4.80. The van der Waals surface area contributed by atoms with Crippen molar-refractivity contribution in [2.24, 2.45) is 5.92 Å². The summed E-state index contributed by atoms with van der Waals surface area (Å²) in [5.41, 5.74) is 0.707. The lowest BCUT2D eigenvalue weighted by Crippen LogP contribution is -2.40. The summed E-state index contributed by atoms with van der Waals surface area (Å²) in [5, 5.41) is 4.97. The highest BCUT2D eigenvalue weighted by atomic mass is 16.5. The molecule has 1 saturated heterocycles. The van der Waals surface area contributed by atoms with Gasteiger partial charge in [0.25, 0.3) is 5.91 Å². The van der Waals surface area contributed by atoms with E-state index in [2.05, 4.69) is 17.1 Å². The van der Waals surface area contributed by atoms with Gasteiger partial charge >= 0.3 is 0 Å². The molecule has 0 radical (unpaired) electrons. The van der Waals surface area contributed by atoms with Crippen LogP contribution in [0.2, 0.25) is 0 Å². The fraction of sp³-hybridized carbons (Fsp3) is 0.450. The van der Waals surface area contributed by atoms with E-state index >= 15 is 0 Å². The first-order chi connectivity index (χ1) is 11.7. The Hall–Kier alpha value is -2.07. The number of benzene rings is 2. The number of amides is 1. The first kappa shape index (κ1) is 16.8. The molecule has 2 aromatic rings. The SMILES string of the molecule is COc1ccc(C(=O)NCCN2CCCC(C)C2)c2ccccc12. The van der Waals surface area contributed by atoms with Crippen LogP contribution < -0.4 is 10.1 Å². The van der Waals surface area contributed by atoms with Gasteiger partial charge in [-0.15, -0.1) is 0 Å². The van der Waals surface area contributed by atoms with Gasteiger partial charge in [-0.05, 0) is 42.8 Å². The lowest BCUT2D eigenvalue weighted by atomic mass is 10.0. The third kappa shape index (κ3) is 3.70. The second kappa shape index (κ2) is 7.67. The third-order valence-electron chi connectivity index (χ3n) is 4.80. The van der Waals surface area contributed by atoms with Gasteiger partial charge in [-0.2, -0.15) is 0 Å². The van der Waals surface area contributed by atoms with Crippen LogP contribution in [0.15, 0.2) is 36.4 Å². The minimum absolute atomic E-state index is 0.0149. The molecule has 1 heterocycles. The second-order valence-corrected chi connectivity index (χ2v) is 6.66. The van der Waals surface area contributed by atoms with Crippen molar-refractivity contribution in [1.82, 2.24) is 10.2 Å². The van der Waals surface area contributed by atoms with Crippen LogP contribution in [0.4, 0.5) is 0 Å². The van der Waals surface area contributed by atoms with Crippen LogP contribution in [0.25, 0.3) is 10.8 Å². The molecular weight excluding hydrogens is 300 g/mol. The summed E-state index contributed by atoms with van der Waals surface area (Å²) in [6.45, 7) is 6.19. The van der Waals surface area contributed by atoms with E-state index in [-0.39, 0.29) is 5.91 Å². The zero-order valence-electron chi connectivity index (χ0n) is 14.5. The number of fused-ring (bicyclic) bond motifs is 1. The van der Waals surface area contributed by atoms with E-state index in [1.807, 2.05) is 36.4 Å². The number of rotatable bonds is 5. The van der Waals surface area contributed by atoms with Crippen molar-refractivity contribution in [1.29, 1.82) is 0 Å². The number of methoxy groups -OCH3 is 1. The first-order valence-electron chi connectivity index (χ1n) is 8.75. The van der Waals surface area contributed by atoms with Gasteiger partial charge in [0.15, 0.2) is 0 Å². The van der Waals surface area contributed by atoms with Crippen molar-refractivity contribution >= 4 is 16.7 Å². The van der Waals surface area contributed by atoms with E-state index < -0.39 is 0 Å². The fourth-order valence-electron chi connectivity index (χ4n) is 3.56. The van der Waals surface area contributed by atoms with Gasteiger partial charge in [0.2, 0.25) is 0 Å². The largest absolute Gasteiger partial charge is 0.496 e. The fourth-order valence-corrected chi connectivity index (χ4v) is 3.56. The molecule has 128 valence electrons. The highest BCUT2D eigenvalue weighted by Crippen LogP contribution is 2.28. The van der Waals surface area contributed by atoms with Gasteiger partial charge in [0, 0.05) is 30.6 Å². The first-order valence-corrected chi connectivity index (χ1v) is 8.75. The number of ether oxygens (including phenoxy) is 1. The number of nitrogens with zero attached hydrogens (tertiary/aromatic N) is 1. The average molecular weight is 326 g/mol. The Labute approximate surface area is 143 Å². The van der Waals surface area contributed by atoms with Gasteiger partial charge in [0.05, 0.1) is 7.11 Å². The Morgan fingerprint density at radius 2 is 2.04 bits per heavy atom. The van der Waals surface area contributed by atoms with Gasteiger partial charge < -0.3 is 15.0 Å². The molecule has 1 fully saturated rings. The lowest BCUT2D eigenvalue weighted by Gasteiger charge is -2.30. The van der Waals surface area contributed by atoms with Crippen LogP contribution in [0.1, 0.15) is 30.1 Å². The molecule has 3 rings (SSSR count). The number of hydrogen-bond acceptors (Lipinski definition) is 3. The molecule has 1 unspecified atom stereocenters. The number of nitrogens with one attached hydrogen (secondary N) is 1. The smallest absolute Gasteiger partial charge is 0.251 e. The summed E-state index contributed by atoms with van der Waals surface area (Å²) >= 11 is 0. The number of hydrogen-bond donors (Lipinski definition) is 1. The van der Waals surface area contributed by atoms with Crippen molar-refractivity contribution in [2.75, 3.05) is 33.3 Å². The molecule has 0 saturated carbocycles. The summed E-state index contributed by atoms with van der Waals surface area (Å²) < 4.78 is 5.39. The second-order valence-electron chi connectivity index (χ2n) is 6.66. The Kier molecular flexibility index (Phi) is 5.36. The molecular formula is C20H26N2O2. The molecule has 0 spiro atoms. The van der Waals surface area contributed by atoms with Gasteiger partial charge in [-0.3, -0.25) is 4.79 Å². The molecule has 1 amide bonds. The lowest BCUT2D eigenvalue weighted by molar-refractivity contribution is 0.0945. The number of carbonyl (C=O) groups is 1. The molecule has 24 heavy (non-hydrogen) atoms. The standard InChI is InChI=1S/C20H26N2O2/c1-15-6-5-12-22(14-15)13-11-21-20(23)18-9-10-19(24-2)17-8-4-3-7-16(17)18/h3-4,7-10,15H,5-6,11-14H2,1-2H3,(H,21,23). The molecule has 1 N–H and O–H groups in total. The van der Waals surface area contributed by atoms with Crippen LogP contribution in [-0.2, 0) is 0 Å². The van der Waals surface area contributed by atoms with Crippen molar-refractivity contribution in [2.45, 2.75) is 19.8 Å². The molecule has 4 nitrogen and oxygen atoms in total. The number of piperidine rings is 1. The molecule has 1 aliphatic rings. The van der Waals surface area contributed by atoms with Crippen molar-refractivity contribution in [3.05, 3.63) is 42.0 Å². The van der Waals surface area contributed by atoms with Gasteiger partial charge in [0.1, 0.15) is 5.75 Å². The number of likely N-dealkylation sites (tertiary alicyclic amines) is 1. The minimum atomic E-state index is -0.0149. The highest BCUT2D eigenvalue weighted by molar-refractivity contribution is 6.08. The molecule has 2 aromatic carbocycles. The summed E-state index contributed by atoms with van der Waals surface area (Å²) in [4.78, 5) is 15.0. The monoisotopic (exact) mass is 326 g/mol. The summed E-state index contributed by atoms with van der Waals surface area (Å²) in [6, 6.07) is 11.6. The predicted molar refractivity (Wildman–Crippen MR) is 97.7 cm³/mol. The summed E-state index contributed by atoms with van der Waals surface area (Å²) in [5.74, 6) is 1.54. The normalized spacial score (nSPS) is 18.5. The minimum Gasteiger partial charge on any atom is -0.496 e. The van der Waals surface area contributed by atoms with Crippen LogP contribution in [0, 0.1) is 5.92 Å². The number of carbonyl (C=O) groups excluding carboxylic acids is 1. The molecule has 0 aromatic heterocycles. The van der Waals surface area contributed by atoms with Gasteiger partial charge in [-0.25, -0.2) is 0 Å². The van der Waals surface area contributed by atoms with E-state index in [9.17, 15) is 4.79 Å². The summed E-state index contributed by atoms with van der Waals surface area (Å²) in [6.07, 6.45) is 2.58. The van der Waals surface area contributed by atoms with E-state index in [0.29, 0.717) is 12.1 Å². The Bertz CT molecular complexity index is 714. The zero-order chi connectivity index (χ0) is 16.9. The van der Waals surface area contributed by atoms with E-state index in [0.717, 1.165) is 42.1 Å². The van der Waals surface area contributed by atoms with Crippen molar-refractivity contribution in [3.63, 3.8) is 0 Å². The van der Waals surface area contributed by atoms with Crippen LogP contribution >= 0.6 is 0 Å². The molecule has 1 aliphatic heterocycles. The van der Waals surface area contributed by atoms with E-state index in [4.69, 9.17) is 4.74 Å². The van der Waals surface area contributed by atoms with Gasteiger partial charge in [-0.1, -0.05) is 31.2 Å². The average Bonchev–Trinajstić information content (AvgIpc) is 2.60. The quantitative estimate of drug-likeness (QED) is 0.916. The summed E-state index contributed by atoms with van der Waals surface area (Å²) in [7, 11) is 1.65. The molecule has 0 bridgehead atoms. The maximum Gasteiger partial charge on any atom is 0.251 e. The Morgan fingerprint density at radius 3 is 2.79 bits per heavy atom. The highest BCUT2D eigenvalue weighted by Gasteiger charge is 2.16. The Morgan fingerprint density at radius 1 is 1.25 bits per heavy atom. The van der Waals surface area contributed by atoms with Crippen LogP contribution in [0.3, 0.4) is 0 Å². The molecule has 0 aliphatic carbocycles. The van der Waals surface area contributed by atoms with E-state index in [1.54, 1.807) is 7.11 Å². The van der Waals surface area contributed by atoms with E-state index in [1.165, 1.54) is 12.8 Å². The zero-order valence-corrected chi connectivity index (χ0v) is 14.5. The maximum absolute atomic E-state index is 12.6. The Balaban J connectivity index is 1.66. The van der Waals surface area contributed by atoms with Crippen molar-refractivity contribution < 1.29 is 9.53 Å². The topological polar surface area (TPSA) is 41.6 Å². The van der Waals surface area contributed by atoms with Crippen LogP contribution in [0.5, 0.6) is 5.75 Å².